The van der Waals surface area contributed by atoms with E-state index in [1.165, 1.54) is 6.33 Å². The van der Waals surface area contributed by atoms with E-state index in [2.05, 4.69) is 9.97 Å². The molecule has 0 atom stereocenters. The lowest BCUT2D eigenvalue weighted by Crippen LogP contribution is -1.92. The van der Waals surface area contributed by atoms with Gasteiger partial charge >= 0.3 is 0 Å². The minimum atomic E-state index is 0.520. The molecule has 2 rings (SSSR count). The molecule has 3 nitrogen and oxygen atoms in total. The van der Waals surface area contributed by atoms with Crippen molar-refractivity contribution < 1.29 is 4.74 Å². The summed E-state index contributed by atoms with van der Waals surface area (Å²) in [5.74, 6) is 0.756. The third-order valence-electron chi connectivity index (χ3n) is 2.28. The van der Waals surface area contributed by atoms with Gasteiger partial charge in [-0.25, -0.2) is 9.97 Å². The molecule has 0 radical (unpaired) electrons. The molecule has 0 aliphatic carbocycles. The summed E-state index contributed by atoms with van der Waals surface area (Å²) in [5, 5.41) is 0.520. The Kier molecular flexibility index (Phi) is 3.06. The van der Waals surface area contributed by atoms with Gasteiger partial charge in [0.15, 0.2) is 0 Å². The average Bonchev–Trinajstić information content (AvgIpc) is 2.29. The Labute approximate surface area is 99.1 Å². The van der Waals surface area contributed by atoms with E-state index < -0.39 is 0 Å². The zero-order valence-electron chi connectivity index (χ0n) is 9.07. The van der Waals surface area contributed by atoms with Crippen molar-refractivity contribution in [3.8, 4) is 17.0 Å². The second kappa shape index (κ2) is 4.49. The molecule has 0 fully saturated rings. The number of hydrogen-bond acceptors (Lipinski definition) is 3. The molecule has 0 aliphatic rings. The number of benzene rings is 1. The summed E-state index contributed by atoms with van der Waals surface area (Å²) in [5.41, 5.74) is 2.71. The highest BCUT2D eigenvalue weighted by atomic mass is 35.5. The van der Waals surface area contributed by atoms with Crippen LogP contribution in [0, 0.1) is 6.92 Å². The van der Waals surface area contributed by atoms with E-state index >= 15 is 0 Å². The van der Waals surface area contributed by atoms with E-state index in [4.69, 9.17) is 16.3 Å². The number of methoxy groups -OCH3 is 1. The van der Waals surface area contributed by atoms with Crippen LogP contribution >= 0.6 is 11.6 Å². The summed E-state index contributed by atoms with van der Waals surface area (Å²) in [6.45, 7) is 2.01. The van der Waals surface area contributed by atoms with Gasteiger partial charge in [0.25, 0.3) is 0 Å². The van der Waals surface area contributed by atoms with Crippen molar-refractivity contribution >= 4 is 11.6 Å². The van der Waals surface area contributed by atoms with Gasteiger partial charge in [-0.15, -0.1) is 0 Å². The fourth-order valence-electron chi connectivity index (χ4n) is 1.52. The second-order valence-electron chi connectivity index (χ2n) is 3.42. The maximum atomic E-state index is 6.06. The van der Waals surface area contributed by atoms with Crippen LogP contribution in [0.4, 0.5) is 0 Å². The highest BCUT2D eigenvalue weighted by Crippen LogP contribution is 2.33. The van der Waals surface area contributed by atoms with Gasteiger partial charge in [-0.2, -0.15) is 0 Å². The number of nitrogens with zero attached hydrogens (tertiary/aromatic N) is 2. The molecular weight excluding hydrogens is 224 g/mol. The first-order valence-electron chi connectivity index (χ1n) is 4.83. The Bertz CT molecular complexity index is 514. The normalized spacial score (nSPS) is 10.2. The van der Waals surface area contributed by atoms with Gasteiger partial charge in [0, 0.05) is 11.8 Å². The largest absolute Gasteiger partial charge is 0.496 e. The molecule has 16 heavy (non-hydrogen) atoms. The molecule has 0 aliphatic heterocycles. The molecule has 1 heterocycles. The maximum absolute atomic E-state index is 6.06. The fraction of sp³-hybridized carbons (Fsp3) is 0.167. The van der Waals surface area contributed by atoms with Crippen LogP contribution in [0.1, 0.15) is 5.56 Å². The Morgan fingerprint density at radius 2 is 2.12 bits per heavy atom. The Hall–Kier alpha value is -1.61. The first kappa shape index (κ1) is 10.9. The van der Waals surface area contributed by atoms with Crippen LogP contribution in [-0.2, 0) is 0 Å². The van der Waals surface area contributed by atoms with Crippen LogP contribution < -0.4 is 4.74 Å². The van der Waals surface area contributed by atoms with E-state index in [9.17, 15) is 0 Å². The second-order valence-corrected chi connectivity index (χ2v) is 3.83. The lowest BCUT2D eigenvalue weighted by atomic mass is 10.1. The smallest absolute Gasteiger partial charge is 0.128 e. The summed E-state index contributed by atoms with van der Waals surface area (Å²) >= 11 is 6.06. The average molecular weight is 235 g/mol. The number of hydrogen-bond donors (Lipinski definition) is 0. The number of aromatic nitrogens is 2. The Morgan fingerprint density at radius 3 is 2.81 bits per heavy atom. The molecule has 1 aromatic heterocycles. The lowest BCUT2D eigenvalue weighted by molar-refractivity contribution is 0.416. The van der Waals surface area contributed by atoms with Gasteiger partial charge in [0.05, 0.1) is 17.8 Å². The quantitative estimate of drug-likeness (QED) is 0.801. The minimum Gasteiger partial charge on any atom is -0.496 e. The Morgan fingerprint density at radius 1 is 1.31 bits per heavy atom. The molecule has 4 heteroatoms. The van der Waals surface area contributed by atoms with E-state index in [-0.39, 0.29) is 0 Å². The number of rotatable bonds is 2. The summed E-state index contributed by atoms with van der Waals surface area (Å²) < 4.78 is 5.29. The van der Waals surface area contributed by atoms with Crippen molar-refractivity contribution in [1.82, 2.24) is 9.97 Å². The molecule has 0 unspecified atom stereocenters. The summed E-state index contributed by atoms with van der Waals surface area (Å²) in [4.78, 5) is 8.04. The summed E-state index contributed by atoms with van der Waals surface area (Å²) in [7, 11) is 1.63. The van der Waals surface area contributed by atoms with Crippen LogP contribution in [0.15, 0.2) is 30.7 Å². The standard InChI is InChI=1S/C12H11ClN2O/c1-8-3-4-11(16-2)9(5-8)12-10(13)6-14-7-15-12/h3-7H,1-2H3. The number of aryl methyl sites for hydroxylation is 1. The van der Waals surface area contributed by atoms with Gasteiger partial charge in [-0.1, -0.05) is 23.2 Å². The van der Waals surface area contributed by atoms with Gasteiger partial charge in [-0.3, -0.25) is 0 Å². The molecule has 0 N–H and O–H groups in total. The highest BCUT2D eigenvalue weighted by Gasteiger charge is 2.10. The lowest BCUT2D eigenvalue weighted by Gasteiger charge is -2.09. The van der Waals surface area contributed by atoms with E-state index in [1.807, 2.05) is 25.1 Å². The van der Waals surface area contributed by atoms with Crippen LogP contribution in [0.25, 0.3) is 11.3 Å². The molecular formula is C12H11ClN2O. The van der Waals surface area contributed by atoms with Crippen molar-refractivity contribution in [3.05, 3.63) is 41.3 Å². The number of halogens is 1. The molecule has 2 aromatic rings. The van der Waals surface area contributed by atoms with Crippen molar-refractivity contribution in [3.63, 3.8) is 0 Å². The third kappa shape index (κ3) is 1.99. The van der Waals surface area contributed by atoms with Crippen molar-refractivity contribution in [2.75, 3.05) is 7.11 Å². The zero-order valence-corrected chi connectivity index (χ0v) is 9.82. The minimum absolute atomic E-state index is 0.520. The van der Waals surface area contributed by atoms with Crippen molar-refractivity contribution in [1.29, 1.82) is 0 Å². The molecule has 0 saturated carbocycles. The zero-order chi connectivity index (χ0) is 11.5. The molecule has 0 spiro atoms. The SMILES string of the molecule is COc1ccc(C)cc1-c1ncncc1Cl. The van der Waals surface area contributed by atoms with Crippen LogP contribution in [0.3, 0.4) is 0 Å². The van der Waals surface area contributed by atoms with Gasteiger partial charge in [-0.05, 0) is 19.1 Å². The predicted octanol–water partition coefficient (Wildman–Crippen LogP) is 3.11. The third-order valence-corrected chi connectivity index (χ3v) is 2.55. The first-order chi connectivity index (χ1) is 7.72. The molecule has 1 aromatic carbocycles. The molecule has 0 bridgehead atoms. The molecule has 0 amide bonds. The predicted molar refractivity (Wildman–Crippen MR) is 63.8 cm³/mol. The first-order valence-corrected chi connectivity index (χ1v) is 5.20. The highest BCUT2D eigenvalue weighted by molar-refractivity contribution is 6.32. The van der Waals surface area contributed by atoms with Crippen LogP contribution in [0.5, 0.6) is 5.75 Å². The summed E-state index contributed by atoms with van der Waals surface area (Å²) in [6.07, 6.45) is 3.05. The van der Waals surface area contributed by atoms with Crippen LogP contribution in [-0.4, -0.2) is 17.1 Å². The summed E-state index contributed by atoms with van der Waals surface area (Å²) in [6, 6.07) is 5.88. The van der Waals surface area contributed by atoms with E-state index in [0.29, 0.717) is 10.7 Å². The Balaban J connectivity index is 2.63. The van der Waals surface area contributed by atoms with Gasteiger partial charge < -0.3 is 4.74 Å². The van der Waals surface area contributed by atoms with E-state index in [0.717, 1.165) is 16.9 Å². The topological polar surface area (TPSA) is 35.0 Å². The fourth-order valence-corrected chi connectivity index (χ4v) is 1.72. The van der Waals surface area contributed by atoms with Gasteiger partial charge in [0.2, 0.25) is 0 Å². The maximum Gasteiger partial charge on any atom is 0.128 e. The van der Waals surface area contributed by atoms with Crippen LogP contribution in [0.2, 0.25) is 5.02 Å². The van der Waals surface area contributed by atoms with Gasteiger partial charge in [0.1, 0.15) is 12.1 Å². The van der Waals surface area contributed by atoms with E-state index in [1.54, 1.807) is 13.3 Å². The monoisotopic (exact) mass is 234 g/mol. The number of ether oxygens (including phenoxy) is 1. The van der Waals surface area contributed by atoms with Crippen molar-refractivity contribution in [2.24, 2.45) is 0 Å². The van der Waals surface area contributed by atoms with Crippen molar-refractivity contribution in [2.45, 2.75) is 6.92 Å². The molecule has 0 saturated heterocycles. The molecule has 82 valence electrons.